The molecule has 5 heterocycles. The van der Waals surface area contributed by atoms with Crippen LogP contribution in [0.1, 0.15) is 33.8 Å². The summed E-state index contributed by atoms with van der Waals surface area (Å²) in [4.78, 5) is 16.3. The molecule has 1 aromatic heterocycles. The van der Waals surface area contributed by atoms with Crippen molar-refractivity contribution in [3.63, 3.8) is 0 Å². The van der Waals surface area contributed by atoms with Crippen molar-refractivity contribution in [3.8, 4) is 11.5 Å². The van der Waals surface area contributed by atoms with Crippen LogP contribution < -0.4 is 14.3 Å². The molecule has 0 saturated carbocycles. The van der Waals surface area contributed by atoms with Crippen LogP contribution in [-0.2, 0) is 43.0 Å². The number of halogens is 6. The number of carbonyl (C=O) groups excluding carboxylic acids is 1. The summed E-state index contributed by atoms with van der Waals surface area (Å²) in [7, 11) is -7.94. The molecule has 4 aliphatic heterocycles. The van der Waals surface area contributed by atoms with E-state index in [0.717, 1.165) is 12.1 Å². The SMILES string of the molecule is NCC(=O)c1ccc(CN(c2ccc(F)c(Cl)c2)S(=O)(=O)N2CCN(C3COC3)CC2)cc1.O=S(=O)(N1CCN(C2COC2)CC1)N(Cc1ccc(-c2nnc(C(F)F)o2)cc1)c1ccc(F)c(Cl)c1. The number of nitrogens with two attached hydrogens (primary N) is 1. The number of alkyl halides is 2. The van der Waals surface area contributed by atoms with Gasteiger partial charge in [-0.05, 0) is 59.7 Å². The molecule has 4 aromatic carbocycles. The van der Waals surface area contributed by atoms with Crippen LogP contribution in [0.5, 0.6) is 0 Å². The second-order valence-electron chi connectivity index (χ2n) is 16.7. The van der Waals surface area contributed by atoms with Gasteiger partial charge in [0, 0.05) is 63.5 Å². The molecule has 0 bridgehead atoms. The average Bonchev–Trinajstić information content (AvgIpc) is 3.83. The molecule has 5 aromatic rings. The lowest BCUT2D eigenvalue weighted by Crippen LogP contribution is -2.59. The summed E-state index contributed by atoms with van der Waals surface area (Å²) >= 11 is 11.9. The highest BCUT2D eigenvalue weighted by Crippen LogP contribution is 2.32. The van der Waals surface area contributed by atoms with Gasteiger partial charge in [0.1, 0.15) is 11.6 Å². The van der Waals surface area contributed by atoms with Crippen LogP contribution in [0.25, 0.3) is 11.5 Å². The van der Waals surface area contributed by atoms with E-state index in [0.29, 0.717) is 113 Å². The number of aromatic nitrogens is 2. The van der Waals surface area contributed by atoms with Gasteiger partial charge in [0.25, 0.3) is 5.89 Å². The molecule has 25 heteroatoms. The fraction of sp³-hybridized carbons (Fsp3) is 0.400. The van der Waals surface area contributed by atoms with Gasteiger partial charge in [-0.1, -0.05) is 59.6 Å². The first-order chi connectivity index (χ1) is 33.5. The number of rotatable bonds is 16. The monoisotopic (exact) mass is 1050 g/mol. The summed E-state index contributed by atoms with van der Waals surface area (Å²) in [5.41, 5.74) is 7.99. The molecule has 70 heavy (non-hydrogen) atoms. The van der Waals surface area contributed by atoms with Gasteiger partial charge in [-0.3, -0.25) is 23.2 Å². The van der Waals surface area contributed by atoms with Gasteiger partial charge >= 0.3 is 26.8 Å². The Kier molecular flexibility index (Phi) is 16.4. The molecule has 4 aliphatic rings. The van der Waals surface area contributed by atoms with Crippen molar-refractivity contribution in [2.75, 3.05) is 93.9 Å². The van der Waals surface area contributed by atoms with Crippen LogP contribution in [0.2, 0.25) is 10.0 Å². The zero-order chi connectivity index (χ0) is 49.7. The Balaban J connectivity index is 0.000000190. The second-order valence-corrected chi connectivity index (χ2v) is 21.3. The van der Waals surface area contributed by atoms with Crippen molar-refractivity contribution in [1.29, 1.82) is 0 Å². The van der Waals surface area contributed by atoms with E-state index >= 15 is 0 Å². The maximum Gasteiger partial charge on any atom is 0.314 e. The molecule has 4 fully saturated rings. The van der Waals surface area contributed by atoms with Crippen LogP contribution in [0.15, 0.2) is 89.3 Å². The number of piperazine rings is 2. The predicted octanol–water partition coefficient (Wildman–Crippen LogP) is 5.62. The molecule has 0 atom stereocenters. The number of ether oxygens (including phenoxy) is 2. The Bertz CT molecular complexity index is 2830. The fourth-order valence-corrected chi connectivity index (χ4v) is 11.6. The van der Waals surface area contributed by atoms with E-state index in [9.17, 15) is 39.2 Å². The summed E-state index contributed by atoms with van der Waals surface area (Å²) in [6.07, 6.45) is -2.88. The lowest BCUT2D eigenvalue weighted by molar-refractivity contribution is -0.0721. The third kappa shape index (κ3) is 11.8. The van der Waals surface area contributed by atoms with Crippen LogP contribution in [0.4, 0.5) is 28.9 Å². The summed E-state index contributed by atoms with van der Waals surface area (Å²) in [5, 5.41) is 6.57. The summed E-state index contributed by atoms with van der Waals surface area (Å²) in [5.74, 6) is -2.35. The Morgan fingerprint density at radius 3 is 1.44 bits per heavy atom. The molecule has 0 radical (unpaired) electrons. The molecule has 9 rings (SSSR count). The zero-order valence-corrected chi connectivity index (χ0v) is 40.6. The number of benzene rings is 4. The molecule has 0 spiro atoms. The van der Waals surface area contributed by atoms with Crippen molar-refractivity contribution in [2.24, 2.45) is 5.73 Å². The van der Waals surface area contributed by atoms with Crippen molar-refractivity contribution in [1.82, 2.24) is 28.6 Å². The average molecular weight is 1050 g/mol. The van der Waals surface area contributed by atoms with Crippen LogP contribution >= 0.6 is 23.2 Å². The number of hydrogen-bond acceptors (Lipinski definition) is 13. The van der Waals surface area contributed by atoms with Gasteiger partial charge in [-0.15, -0.1) is 10.2 Å². The number of anilines is 2. The van der Waals surface area contributed by atoms with Gasteiger partial charge in [-0.25, -0.2) is 8.78 Å². The Hall–Kier alpha value is -4.79. The number of hydrogen-bond donors (Lipinski definition) is 1. The highest BCUT2D eigenvalue weighted by molar-refractivity contribution is 7.90. The molecular formula is C45H49Cl2F4N9O8S2. The van der Waals surface area contributed by atoms with E-state index in [1.165, 1.54) is 41.5 Å². The molecule has 0 unspecified atom stereocenters. The van der Waals surface area contributed by atoms with Crippen LogP contribution in [0.3, 0.4) is 0 Å². The predicted molar refractivity (Wildman–Crippen MR) is 253 cm³/mol. The van der Waals surface area contributed by atoms with Gasteiger partial charge in [0.2, 0.25) is 5.89 Å². The Morgan fingerprint density at radius 1 is 0.657 bits per heavy atom. The van der Waals surface area contributed by atoms with Gasteiger partial charge in [0.05, 0.1) is 79.6 Å². The second kappa shape index (κ2) is 22.3. The lowest BCUT2D eigenvalue weighted by Gasteiger charge is -2.43. The highest BCUT2D eigenvalue weighted by Gasteiger charge is 2.38. The Labute approximate surface area is 412 Å². The number of ketones is 1. The van der Waals surface area contributed by atoms with E-state index in [4.69, 9.17) is 42.8 Å². The highest BCUT2D eigenvalue weighted by atomic mass is 35.5. The summed E-state index contributed by atoms with van der Waals surface area (Å²) in [6, 6.07) is 21.3. The Morgan fingerprint density at radius 2 is 1.09 bits per heavy atom. The van der Waals surface area contributed by atoms with Crippen molar-refractivity contribution in [2.45, 2.75) is 31.6 Å². The third-order valence-electron chi connectivity index (χ3n) is 12.4. The smallest absolute Gasteiger partial charge is 0.314 e. The maximum atomic E-state index is 13.9. The largest absolute Gasteiger partial charge is 0.415 e. The first-order valence-electron chi connectivity index (χ1n) is 22.1. The summed E-state index contributed by atoms with van der Waals surface area (Å²) in [6.45, 7) is 6.12. The van der Waals surface area contributed by atoms with E-state index in [-0.39, 0.29) is 52.7 Å². The minimum atomic E-state index is -4.01. The first kappa shape index (κ1) is 51.6. The molecule has 376 valence electrons. The van der Waals surface area contributed by atoms with E-state index in [2.05, 4.69) is 20.0 Å². The molecule has 2 N–H and O–H groups in total. The number of Topliss-reactive ketones (excluding diaryl/α,β-unsaturated/α-hetero) is 1. The minimum Gasteiger partial charge on any atom is -0.415 e. The van der Waals surface area contributed by atoms with Gasteiger partial charge in [-0.2, -0.15) is 34.2 Å². The van der Waals surface area contributed by atoms with E-state index in [1.807, 2.05) is 0 Å². The minimum absolute atomic E-state index is 0.00192. The maximum absolute atomic E-state index is 13.9. The van der Waals surface area contributed by atoms with E-state index in [1.54, 1.807) is 48.5 Å². The lowest BCUT2D eigenvalue weighted by atomic mass is 10.1. The van der Waals surface area contributed by atoms with Gasteiger partial charge < -0.3 is 19.6 Å². The quantitative estimate of drug-likeness (QED) is 0.0949. The van der Waals surface area contributed by atoms with Crippen LogP contribution in [-0.4, -0.2) is 149 Å². The molecule has 0 amide bonds. The topological polar surface area (TPSA) is 188 Å². The molecule has 4 saturated heterocycles. The van der Waals surface area contributed by atoms with Crippen LogP contribution in [0, 0.1) is 11.6 Å². The number of nitrogens with zero attached hydrogens (tertiary/aromatic N) is 8. The molecule has 0 aliphatic carbocycles. The van der Waals surface area contributed by atoms with Crippen molar-refractivity contribution in [3.05, 3.63) is 129 Å². The standard InChI is InChI=1S/C23H23ClF3N5O4S.C22H26ClFN4O4S/c24-19-11-17(5-6-20(19)25)32(37(33,34)31-9-7-30(8-10-31)18-13-35-14-18)12-15-1-3-16(4-2-15)22-28-29-23(36-22)21(26)27;23-20-11-18(5-6-21(20)24)28(13-16-1-3-17(4-2-16)22(29)12-25)33(30,31)27-9-7-26(8-10-27)19-14-32-15-19/h1-6,11,18,21H,7-10,12-14H2;1-6,11,19H,7-10,12-15,25H2. The van der Waals surface area contributed by atoms with Crippen molar-refractivity contribution < 1.29 is 53.1 Å². The van der Waals surface area contributed by atoms with Crippen molar-refractivity contribution >= 4 is 60.8 Å². The van der Waals surface area contributed by atoms with E-state index < -0.39 is 44.4 Å². The summed E-state index contributed by atoms with van der Waals surface area (Å²) < 4.78 is 129. The molecule has 17 nitrogen and oxygen atoms in total. The zero-order valence-electron chi connectivity index (χ0n) is 37.4. The third-order valence-corrected chi connectivity index (χ3v) is 16.8. The number of carbonyl (C=O) groups is 1. The first-order valence-corrected chi connectivity index (χ1v) is 25.7. The normalized spacial score (nSPS) is 17.9. The van der Waals surface area contributed by atoms with Gasteiger partial charge in [0.15, 0.2) is 5.78 Å². The molecular weight excluding hydrogens is 1010 g/mol. The fourth-order valence-electron chi connectivity index (χ4n) is 8.08.